The molecule has 5 heteroatoms. The van der Waals surface area contributed by atoms with Gasteiger partial charge in [0, 0.05) is 11.6 Å². The molecule has 2 aromatic carbocycles. The molecule has 104 valence electrons. The summed E-state index contributed by atoms with van der Waals surface area (Å²) in [5.74, 6) is 1.50. The van der Waals surface area contributed by atoms with Gasteiger partial charge in [-0.3, -0.25) is 0 Å². The zero-order valence-corrected chi connectivity index (χ0v) is 12.7. The maximum Gasteiger partial charge on any atom is 0.120 e. The molecule has 0 aliphatic carbocycles. The first kappa shape index (κ1) is 14.6. The van der Waals surface area contributed by atoms with Crippen LogP contribution in [0.3, 0.4) is 0 Å². The van der Waals surface area contributed by atoms with Crippen molar-refractivity contribution in [1.82, 2.24) is 0 Å². The van der Waals surface area contributed by atoms with E-state index in [9.17, 15) is 0 Å². The monoisotopic (exact) mass is 307 g/mol. The van der Waals surface area contributed by atoms with Crippen LogP contribution in [0, 0.1) is 0 Å². The molecule has 0 atom stereocenters. The average Bonchev–Trinajstić information content (AvgIpc) is 2.49. The third-order valence-electron chi connectivity index (χ3n) is 2.78. The van der Waals surface area contributed by atoms with E-state index in [1.165, 1.54) is 0 Å². The first-order chi connectivity index (χ1) is 9.63. The Kier molecular flexibility index (Phi) is 4.82. The number of halogens is 1. The van der Waals surface area contributed by atoms with Gasteiger partial charge in [0.15, 0.2) is 0 Å². The lowest BCUT2D eigenvalue weighted by Crippen LogP contribution is -2.10. The Balaban J connectivity index is 2.14. The molecule has 20 heavy (non-hydrogen) atoms. The van der Waals surface area contributed by atoms with E-state index in [1.807, 2.05) is 36.4 Å². The zero-order chi connectivity index (χ0) is 14.5. The van der Waals surface area contributed by atoms with Crippen molar-refractivity contribution in [2.75, 3.05) is 19.5 Å². The largest absolute Gasteiger partial charge is 0.497 e. The standard InChI is InChI=1S/C15H14ClNO2S/c1-18-11-5-3-10(4-6-11)15(20)17-14-8-7-12(19-2)9-13(14)16/h3-9H,1-2H3,(H,17,20). The lowest BCUT2D eigenvalue weighted by atomic mass is 10.2. The molecule has 0 aliphatic heterocycles. The molecule has 0 saturated heterocycles. The summed E-state index contributed by atoms with van der Waals surface area (Å²) in [5, 5.41) is 3.67. The minimum Gasteiger partial charge on any atom is -0.497 e. The second-order valence-corrected chi connectivity index (χ2v) is 4.84. The lowest BCUT2D eigenvalue weighted by Gasteiger charge is -2.11. The number of anilines is 1. The van der Waals surface area contributed by atoms with Crippen molar-refractivity contribution in [2.24, 2.45) is 0 Å². The normalized spacial score (nSPS) is 9.95. The predicted molar refractivity (Wildman–Crippen MR) is 86.3 cm³/mol. The average molecular weight is 308 g/mol. The van der Waals surface area contributed by atoms with Gasteiger partial charge in [-0.1, -0.05) is 23.8 Å². The Labute approximate surface area is 128 Å². The van der Waals surface area contributed by atoms with E-state index in [2.05, 4.69) is 5.32 Å². The second-order valence-electron chi connectivity index (χ2n) is 4.03. The van der Waals surface area contributed by atoms with E-state index >= 15 is 0 Å². The predicted octanol–water partition coefficient (Wildman–Crippen LogP) is 4.14. The Hall–Kier alpha value is -1.78. The Bertz CT molecular complexity index is 614. The van der Waals surface area contributed by atoms with Crippen molar-refractivity contribution in [3.05, 3.63) is 53.1 Å². The van der Waals surface area contributed by atoms with Crippen LogP contribution < -0.4 is 14.8 Å². The van der Waals surface area contributed by atoms with Crippen LogP contribution in [0.15, 0.2) is 42.5 Å². The van der Waals surface area contributed by atoms with Crippen molar-refractivity contribution in [2.45, 2.75) is 0 Å². The molecule has 1 N–H and O–H groups in total. The fraction of sp³-hybridized carbons (Fsp3) is 0.133. The van der Waals surface area contributed by atoms with Gasteiger partial charge in [0.1, 0.15) is 16.5 Å². The molecule has 0 heterocycles. The van der Waals surface area contributed by atoms with Crippen LogP contribution in [0.1, 0.15) is 5.56 Å². The van der Waals surface area contributed by atoms with Crippen LogP contribution >= 0.6 is 23.8 Å². The zero-order valence-electron chi connectivity index (χ0n) is 11.1. The maximum atomic E-state index is 6.17. The van der Waals surface area contributed by atoms with Crippen molar-refractivity contribution in [3.63, 3.8) is 0 Å². The summed E-state index contributed by atoms with van der Waals surface area (Å²) in [4.78, 5) is 0.597. The van der Waals surface area contributed by atoms with E-state index in [4.69, 9.17) is 33.3 Å². The molecular weight excluding hydrogens is 294 g/mol. The minimum absolute atomic E-state index is 0.556. The van der Waals surface area contributed by atoms with E-state index in [1.54, 1.807) is 20.3 Å². The summed E-state index contributed by atoms with van der Waals surface area (Å²) in [6.07, 6.45) is 0. The Morgan fingerprint density at radius 3 is 2.15 bits per heavy atom. The van der Waals surface area contributed by atoms with Gasteiger partial charge in [0.25, 0.3) is 0 Å². The van der Waals surface area contributed by atoms with Gasteiger partial charge in [-0.15, -0.1) is 0 Å². The minimum atomic E-state index is 0.556. The molecule has 0 saturated carbocycles. The van der Waals surface area contributed by atoms with Crippen LogP contribution in [-0.4, -0.2) is 19.2 Å². The fourth-order valence-electron chi connectivity index (χ4n) is 1.66. The van der Waals surface area contributed by atoms with Crippen LogP contribution in [0.2, 0.25) is 5.02 Å². The van der Waals surface area contributed by atoms with Crippen molar-refractivity contribution in [3.8, 4) is 11.5 Å². The molecule has 0 radical (unpaired) electrons. The molecule has 0 unspecified atom stereocenters. The van der Waals surface area contributed by atoms with E-state index in [0.29, 0.717) is 15.8 Å². The highest BCUT2D eigenvalue weighted by Gasteiger charge is 2.06. The van der Waals surface area contributed by atoms with Crippen LogP contribution in [0.4, 0.5) is 5.69 Å². The molecule has 3 nitrogen and oxygen atoms in total. The third-order valence-corrected chi connectivity index (χ3v) is 3.43. The summed E-state index contributed by atoms with van der Waals surface area (Å²) in [7, 11) is 3.23. The molecule has 2 aromatic rings. The smallest absolute Gasteiger partial charge is 0.120 e. The molecule has 0 bridgehead atoms. The van der Waals surface area contributed by atoms with Gasteiger partial charge in [-0.05, 0) is 36.4 Å². The van der Waals surface area contributed by atoms with Gasteiger partial charge < -0.3 is 14.8 Å². The van der Waals surface area contributed by atoms with Crippen molar-refractivity contribution in [1.29, 1.82) is 0 Å². The molecule has 0 fully saturated rings. The SMILES string of the molecule is COc1ccc(C(=S)Nc2ccc(OC)cc2Cl)cc1. The third kappa shape index (κ3) is 3.40. The number of hydrogen-bond donors (Lipinski definition) is 1. The Morgan fingerprint density at radius 1 is 1.00 bits per heavy atom. The van der Waals surface area contributed by atoms with E-state index in [0.717, 1.165) is 17.0 Å². The topological polar surface area (TPSA) is 30.5 Å². The van der Waals surface area contributed by atoms with Gasteiger partial charge in [0.2, 0.25) is 0 Å². The number of benzene rings is 2. The lowest BCUT2D eigenvalue weighted by molar-refractivity contribution is 0.414. The highest BCUT2D eigenvalue weighted by molar-refractivity contribution is 7.81. The van der Waals surface area contributed by atoms with E-state index < -0.39 is 0 Å². The first-order valence-electron chi connectivity index (χ1n) is 5.93. The van der Waals surface area contributed by atoms with Gasteiger partial charge >= 0.3 is 0 Å². The van der Waals surface area contributed by atoms with Crippen LogP contribution in [-0.2, 0) is 0 Å². The van der Waals surface area contributed by atoms with Crippen LogP contribution in [0.25, 0.3) is 0 Å². The number of ether oxygens (including phenoxy) is 2. The number of thiocarbonyl (C=S) groups is 1. The molecular formula is C15H14ClNO2S. The van der Waals surface area contributed by atoms with Crippen LogP contribution in [0.5, 0.6) is 11.5 Å². The van der Waals surface area contributed by atoms with Crippen molar-refractivity contribution >= 4 is 34.5 Å². The summed E-state index contributed by atoms with van der Waals surface area (Å²) in [6, 6.07) is 12.9. The summed E-state index contributed by atoms with van der Waals surface area (Å²) in [5.41, 5.74) is 1.64. The second kappa shape index (κ2) is 6.59. The number of hydrogen-bond acceptors (Lipinski definition) is 3. The maximum absolute atomic E-state index is 6.17. The summed E-state index contributed by atoms with van der Waals surface area (Å²) < 4.78 is 10.2. The van der Waals surface area contributed by atoms with Crippen molar-refractivity contribution < 1.29 is 9.47 Å². The van der Waals surface area contributed by atoms with Gasteiger partial charge in [-0.25, -0.2) is 0 Å². The molecule has 2 rings (SSSR count). The van der Waals surface area contributed by atoms with Gasteiger partial charge in [-0.2, -0.15) is 0 Å². The first-order valence-corrected chi connectivity index (χ1v) is 6.71. The van der Waals surface area contributed by atoms with Gasteiger partial charge in [0.05, 0.1) is 24.9 Å². The highest BCUT2D eigenvalue weighted by Crippen LogP contribution is 2.27. The van der Waals surface area contributed by atoms with E-state index in [-0.39, 0.29) is 0 Å². The Morgan fingerprint density at radius 2 is 1.60 bits per heavy atom. The molecule has 0 amide bonds. The molecule has 0 spiro atoms. The molecule has 0 aromatic heterocycles. The summed E-state index contributed by atoms with van der Waals surface area (Å²) in [6.45, 7) is 0. The fourth-order valence-corrected chi connectivity index (χ4v) is 2.12. The highest BCUT2D eigenvalue weighted by atomic mass is 35.5. The quantitative estimate of drug-likeness (QED) is 0.860. The number of nitrogens with one attached hydrogen (secondary N) is 1. The number of methoxy groups -OCH3 is 2. The summed E-state index contributed by atoms with van der Waals surface area (Å²) >= 11 is 11.5. The number of rotatable bonds is 4. The molecule has 0 aliphatic rings.